The zero-order valence-electron chi connectivity index (χ0n) is 15.0. The highest BCUT2D eigenvalue weighted by Gasteiger charge is 2.13. The molecule has 0 fully saturated rings. The van der Waals surface area contributed by atoms with Crippen LogP contribution in [0, 0.1) is 0 Å². The third-order valence-corrected chi connectivity index (χ3v) is 5.27. The summed E-state index contributed by atoms with van der Waals surface area (Å²) < 4.78 is 11.3. The van der Waals surface area contributed by atoms with Crippen LogP contribution in [0.25, 0.3) is 0 Å². The number of methoxy groups -OCH3 is 1. The van der Waals surface area contributed by atoms with Crippen molar-refractivity contribution in [1.82, 2.24) is 4.90 Å². The van der Waals surface area contributed by atoms with Crippen LogP contribution in [0.2, 0.25) is 0 Å². The predicted octanol–water partition coefficient (Wildman–Crippen LogP) is 4.44. The van der Waals surface area contributed by atoms with E-state index < -0.39 is 0 Å². The molecule has 25 heavy (non-hydrogen) atoms. The predicted molar refractivity (Wildman–Crippen MR) is 106 cm³/mol. The lowest BCUT2D eigenvalue weighted by atomic mass is 10.2. The van der Waals surface area contributed by atoms with Gasteiger partial charge in [0.1, 0.15) is 6.61 Å². The van der Waals surface area contributed by atoms with E-state index in [-0.39, 0.29) is 5.91 Å². The number of amides is 1. The van der Waals surface area contributed by atoms with Gasteiger partial charge in [-0.2, -0.15) is 11.8 Å². The van der Waals surface area contributed by atoms with Crippen molar-refractivity contribution in [2.75, 3.05) is 25.7 Å². The average molecular weight is 380 g/mol. The molecule has 1 heterocycles. The maximum absolute atomic E-state index is 12.3. The highest BCUT2D eigenvalue weighted by molar-refractivity contribution is 7.98. The lowest BCUT2D eigenvalue weighted by molar-refractivity contribution is -0.131. The summed E-state index contributed by atoms with van der Waals surface area (Å²) >= 11 is 3.36. The SMILES string of the molecule is CCN(Cc1ccc(OCc2cccs2)c(OC)c1)C(=O)CCSC. The molecule has 0 N–H and O–H groups in total. The van der Waals surface area contributed by atoms with Gasteiger partial charge in [0.25, 0.3) is 0 Å². The van der Waals surface area contributed by atoms with E-state index in [0.717, 1.165) is 17.1 Å². The minimum Gasteiger partial charge on any atom is -0.493 e. The van der Waals surface area contributed by atoms with E-state index in [1.807, 2.05) is 53.8 Å². The Morgan fingerprint density at radius 3 is 2.76 bits per heavy atom. The van der Waals surface area contributed by atoms with Crippen LogP contribution in [-0.2, 0) is 17.9 Å². The quantitative estimate of drug-likeness (QED) is 0.612. The number of thiophene rings is 1. The minimum atomic E-state index is 0.189. The number of hydrogen-bond acceptors (Lipinski definition) is 5. The fourth-order valence-corrected chi connectivity index (χ4v) is 3.41. The molecule has 4 nitrogen and oxygen atoms in total. The zero-order chi connectivity index (χ0) is 18.1. The number of hydrogen-bond donors (Lipinski definition) is 0. The fraction of sp³-hybridized carbons (Fsp3) is 0.421. The van der Waals surface area contributed by atoms with E-state index in [9.17, 15) is 4.79 Å². The number of carbonyl (C=O) groups is 1. The van der Waals surface area contributed by atoms with Crippen LogP contribution in [0.15, 0.2) is 35.7 Å². The third-order valence-electron chi connectivity index (χ3n) is 3.81. The van der Waals surface area contributed by atoms with E-state index in [0.29, 0.717) is 31.9 Å². The minimum absolute atomic E-state index is 0.189. The molecule has 0 saturated carbocycles. The number of ether oxygens (including phenoxy) is 2. The Morgan fingerprint density at radius 2 is 2.12 bits per heavy atom. The van der Waals surface area contributed by atoms with Crippen molar-refractivity contribution in [2.24, 2.45) is 0 Å². The Hall–Kier alpha value is -1.66. The number of benzene rings is 1. The van der Waals surface area contributed by atoms with Gasteiger partial charge in [0, 0.05) is 30.1 Å². The van der Waals surface area contributed by atoms with Gasteiger partial charge in [-0.25, -0.2) is 0 Å². The Bertz CT molecular complexity index is 659. The second kappa shape index (κ2) is 10.4. The molecule has 0 aliphatic heterocycles. The van der Waals surface area contributed by atoms with Gasteiger partial charge in [0.15, 0.2) is 11.5 Å². The molecular formula is C19H25NO3S2. The van der Waals surface area contributed by atoms with Crippen molar-refractivity contribution in [1.29, 1.82) is 0 Å². The Morgan fingerprint density at radius 1 is 1.28 bits per heavy atom. The molecule has 0 spiro atoms. The van der Waals surface area contributed by atoms with Crippen molar-refractivity contribution in [3.8, 4) is 11.5 Å². The summed E-state index contributed by atoms with van der Waals surface area (Å²) in [5.74, 6) is 2.46. The number of thioether (sulfide) groups is 1. The molecule has 2 aromatic rings. The van der Waals surface area contributed by atoms with Gasteiger partial charge in [0.05, 0.1) is 7.11 Å². The molecule has 0 atom stereocenters. The molecule has 6 heteroatoms. The third kappa shape index (κ3) is 5.97. The van der Waals surface area contributed by atoms with Crippen molar-refractivity contribution in [3.63, 3.8) is 0 Å². The largest absolute Gasteiger partial charge is 0.493 e. The molecule has 0 unspecified atom stereocenters. The summed E-state index contributed by atoms with van der Waals surface area (Å²) in [4.78, 5) is 15.3. The maximum Gasteiger partial charge on any atom is 0.223 e. The van der Waals surface area contributed by atoms with Crippen molar-refractivity contribution >= 4 is 29.0 Å². The van der Waals surface area contributed by atoms with Crippen LogP contribution in [0.3, 0.4) is 0 Å². The number of rotatable bonds is 10. The molecule has 0 bridgehead atoms. The van der Waals surface area contributed by atoms with Gasteiger partial charge in [-0.15, -0.1) is 11.3 Å². The molecule has 2 rings (SSSR count). The van der Waals surface area contributed by atoms with E-state index >= 15 is 0 Å². The molecule has 0 radical (unpaired) electrons. The summed E-state index contributed by atoms with van der Waals surface area (Å²) in [5.41, 5.74) is 1.04. The molecule has 1 aromatic carbocycles. The van der Waals surface area contributed by atoms with Crippen LogP contribution in [-0.4, -0.2) is 36.5 Å². The first-order chi connectivity index (χ1) is 12.2. The van der Waals surface area contributed by atoms with Crippen molar-refractivity contribution < 1.29 is 14.3 Å². The van der Waals surface area contributed by atoms with Crippen LogP contribution in [0.1, 0.15) is 23.8 Å². The van der Waals surface area contributed by atoms with Gasteiger partial charge in [-0.1, -0.05) is 12.1 Å². The van der Waals surface area contributed by atoms with Gasteiger partial charge < -0.3 is 14.4 Å². The Labute approximate surface area is 158 Å². The van der Waals surface area contributed by atoms with Crippen molar-refractivity contribution in [3.05, 3.63) is 46.2 Å². The number of carbonyl (C=O) groups excluding carboxylic acids is 1. The van der Waals surface area contributed by atoms with Gasteiger partial charge in [-0.3, -0.25) is 4.79 Å². The standard InChI is InChI=1S/C19H25NO3S2/c1-4-20(19(21)9-11-24-3)13-15-7-8-17(18(12-15)22-2)23-14-16-6-5-10-25-16/h5-8,10,12H,4,9,11,13-14H2,1-3H3. The molecule has 1 aromatic heterocycles. The van der Waals surface area contributed by atoms with Crippen LogP contribution < -0.4 is 9.47 Å². The smallest absolute Gasteiger partial charge is 0.223 e. The normalized spacial score (nSPS) is 10.5. The molecule has 0 saturated heterocycles. The number of nitrogens with zero attached hydrogens (tertiary/aromatic N) is 1. The first kappa shape index (κ1) is 19.7. The van der Waals surface area contributed by atoms with E-state index in [2.05, 4.69) is 0 Å². The maximum atomic E-state index is 12.3. The van der Waals surface area contributed by atoms with E-state index in [4.69, 9.17) is 9.47 Å². The van der Waals surface area contributed by atoms with Gasteiger partial charge in [0.2, 0.25) is 5.91 Å². The second-order valence-corrected chi connectivity index (χ2v) is 7.52. The molecule has 1 amide bonds. The first-order valence-corrected chi connectivity index (χ1v) is 10.5. The van der Waals surface area contributed by atoms with Gasteiger partial charge >= 0.3 is 0 Å². The highest BCUT2D eigenvalue weighted by atomic mass is 32.2. The monoisotopic (exact) mass is 379 g/mol. The molecular weight excluding hydrogens is 354 g/mol. The highest BCUT2D eigenvalue weighted by Crippen LogP contribution is 2.29. The van der Waals surface area contributed by atoms with E-state index in [1.165, 1.54) is 4.88 Å². The van der Waals surface area contributed by atoms with Crippen LogP contribution in [0.4, 0.5) is 0 Å². The summed E-state index contributed by atoms with van der Waals surface area (Å²) in [5, 5.41) is 2.03. The summed E-state index contributed by atoms with van der Waals surface area (Å²) in [6.07, 6.45) is 2.59. The molecule has 0 aliphatic rings. The summed E-state index contributed by atoms with van der Waals surface area (Å²) in [6.45, 7) is 3.83. The Kier molecular flexibility index (Phi) is 8.15. The molecule has 136 valence electrons. The average Bonchev–Trinajstić information content (AvgIpc) is 3.16. The van der Waals surface area contributed by atoms with Gasteiger partial charge in [-0.05, 0) is 42.3 Å². The molecule has 0 aliphatic carbocycles. The van der Waals surface area contributed by atoms with Crippen molar-refractivity contribution in [2.45, 2.75) is 26.5 Å². The van der Waals surface area contributed by atoms with Crippen LogP contribution >= 0.6 is 23.1 Å². The zero-order valence-corrected chi connectivity index (χ0v) is 16.6. The second-order valence-electron chi connectivity index (χ2n) is 5.50. The summed E-state index contributed by atoms with van der Waals surface area (Å²) in [6, 6.07) is 9.93. The lowest BCUT2D eigenvalue weighted by Gasteiger charge is -2.21. The first-order valence-electron chi connectivity index (χ1n) is 8.26. The fourth-order valence-electron chi connectivity index (χ4n) is 2.42. The lowest BCUT2D eigenvalue weighted by Crippen LogP contribution is -2.30. The van der Waals surface area contributed by atoms with E-state index in [1.54, 1.807) is 30.2 Å². The summed E-state index contributed by atoms with van der Waals surface area (Å²) in [7, 11) is 1.64. The van der Waals surface area contributed by atoms with Crippen LogP contribution in [0.5, 0.6) is 11.5 Å². The Balaban J connectivity index is 2.02. The topological polar surface area (TPSA) is 38.8 Å².